The Labute approximate surface area is 171 Å². The first-order valence-corrected chi connectivity index (χ1v) is 9.03. The van der Waals surface area contributed by atoms with E-state index < -0.39 is 11.7 Å². The number of aryl methyl sites for hydroxylation is 1. The molecule has 0 unspecified atom stereocenters. The van der Waals surface area contributed by atoms with Crippen LogP contribution in [0.3, 0.4) is 0 Å². The maximum atomic E-state index is 12.8. The number of nitrogens with zero attached hydrogens (tertiary/aromatic N) is 4. The lowest BCUT2D eigenvalue weighted by Gasteiger charge is -2.11. The molecule has 3 rings (SSSR count). The van der Waals surface area contributed by atoms with Crippen LogP contribution < -0.4 is 11.1 Å². The van der Waals surface area contributed by atoms with Gasteiger partial charge in [-0.15, -0.1) is 0 Å². The molecule has 152 valence electrons. The van der Waals surface area contributed by atoms with Crippen molar-refractivity contribution in [2.24, 2.45) is 0 Å². The van der Waals surface area contributed by atoms with Gasteiger partial charge in [-0.3, -0.25) is 0 Å². The smallest absolute Gasteiger partial charge is 0.384 e. The third-order valence-electron chi connectivity index (χ3n) is 4.48. The van der Waals surface area contributed by atoms with Gasteiger partial charge in [0, 0.05) is 6.54 Å². The van der Waals surface area contributed by atoms with Crippen LogP contribution in [0.4, 0.5) is 24.7 Å². The van der Waals surface area contributed by atoms with Crippen molar-refractivity contribution in [3.8, 4) is 17.8 Å². The second-order valence-corrected chi connectivity index (χ2v) is 6.47. The fourth-order valence-corrected chi connectivity index (χ4v) is 2.99. The van der Waals surface area contributed by atoms with Crippen LogP contribution >= 0.6 is 0 Å². The van der Waals surface area contributed by atoms with E-state index in [1.165, 1.54) is 10.7 Å². The van der Waals surface area contributed by atoms with Crippen LogP contribution in [0.2, 0.25) is 0 Å². The third kappa shape index (κ3) is 4.36. The summed E-state index contributed by atoms with van der Waals surface area (Å²) in [6.45, 7) is 0.378. The van der Waals surface area contributed by atoms with Crippen molar-refractivity contribution >= 4 is 11.5 Å². The van der Waals surface area contributed by atoms with E-state index >= 15 is 0 Å². The summed E-state index contributed by atoms with van der Waals surface area (Å²) in [5.74, 6) is 0.251. The van der Waals surface area contributed by atoms with Crippen LogP contribution in [0.15, 0.2) is 48.5 Å². The Morgan fingerprint density at radius 2 is 1.80 bits per heavy atom. The predicted octanol–water partition coefficient (Wildman–Crippen LogP) is 4.26. The van der Waals surface area contributed by atoms with Crippen molar-refractivity contribution in [3.05, 3.63) is 70.9 Å². The van der Waals surface area contributed by atoms with Crippen LogP contribution in [-0.4, -0.2) is 16.3 Å². The van der Waals surface area contributed by atoms with E-state index in [0.717, 1.165) is 17.8 Å². The molecule has 3 N–H and O–H groups in total. The second-order valence-electron chi connectivity index (χ2n) is 6.47. The Morgan fingerprint density at radius 3 is 2.43 bits per heavy atom. The minimum atomic E-state index is -4.50. The topological polar surface area (TPSA) is 103 Å². The summed E-state index contributed by atoms with van der Waals surface area (Å²) in [6, 6.07) is 16.0. The molecule has 0 saturated carbocycles. The largest absolute Gasteiger partial charge is 0.416 e. The average Bonchev–Trinajstić information content (AvgIpc) is 3.06. The second kappa shape index (κ2) is 8.58. The molecule has 1 aromatic heterocycles. The lowest BCUT2D eigenvalue weighted by atomic mass is 10.1. The summed E-state index contributed by atoms with van der Waals surface area (Å²) in [7, 11) is 0. The molecule has 2 aromatic carbocycles. The van der Waals surface area contributed by atoms with Gasteiger partial charge in [-0.2, -0.15) is 28.8 Å². The molecule has 1 heterocycles. The molecule has 0 radical (unpaired) electrons. The highest BCUT2D eigenvalue weighted by Gasteiger charge is 2.31. The summed E-state index contributed by atoms with van der Waals surface area (Å²) >= 11 is 0. The van der Waals surface area contributed by atoms with Crippen LogP contribution in [0.5, 0.6) is 0 Å². The van der Waals surface area contributed by atoms with E-state index in [1.54, 1.807) is 6.07 Å². The third-order valence-corrected chi connectivity index (χ3v) is 4.48. The lowest BCUT2D eigenvalue weighted by molar-refractivity contribution is -0.137. The molecule has 0 amide bonds. The van der Waals surface area contributed by atoms with Crippen LogP contribution in [0.1, 0.15) is 28.8 Å². The molecule has 3 aromatic rings. The quantitative estimate of drug-likeness (QED) is 0.591. The minimum absolute atomic E-state index is 0.0832. The molecule has 0 saturated heterocycles. The molecule has 0 aliphatic carbocycles. The van der Waals surface area contributed by atoms with Crippen molar-refractivity contribution in [2.75, 3.05) is 17.6 Å². The number of hydrogen-bond donors (Lipinski definition) is 2. The molecule has 0 aliphatic rings. The molecular weight excluding hydrogens is 393 g/mol. The number of nitrogen functional groups attached to an aromatic ring is 1. The summed E-state index contributed by atoms with van der Waals surface area (Å²) in [5, 5.41) is 26.0. The zero-order valence-electron chi connectivity index (χ0n) is 15.7. The number of hydrogen-bond acceptors (Lipinski definition) is 5. The molecule has 30 heavy (non-hydrogen) atoms. The number of nitrogens with one attached hydrogen (secondary N) is 1. The zero-order valence-corrected chi connectivity index (χ0v) is 15.7. The van der Waals surface area contributed by atoms with Crippen molar-refractivity contribution in [2.45, 2.75) is 19.0 Å². The number of nitrogens with two attached hydrogens (primary N) is 1. The summed E-state index contributed by atoms with van der Waals surface area (Å²) < 4.78 is 39.9. The molecule has 0 fully saturated rings. The van der Waals surface area contributed by atoms with Crippen LogP contribution in [-0.2, 0) is 12.6 Å². The van der Waals surface area contributed by atoms with Gasteiger partial charge in [0.05, 0.1) is 28.2 Å². The Morgan fingerprint density at radius 1 is 1.07 bits per heavy atom. The van der Waals surface area contributed by atoms with E-state index in [2.05, 4.69) is 16.5 Å². The maximum absolute atomic E-state index is 12.8. The Hall–Kier alpha value is -3.98. The normalized spacial score (nSPS) is 11.0. The minimum Gasteiger partial charge on any atom is -0.384 e. The molecule has 0 spiro atoms. The first-order chi connectivity index (χ1) is 14.3. The number of anilines is 2. The number of benzene rings is 2. The van der Waals surface area contributed by atoms with Crippen molar-refractivity contribution in [3.63, 3.8) is 0 Å². The zero-order chi connectivity index (χ0) is 21.7. The van der Waals surface area contributed by atoms with E-state index in [4.69, 9.17) is 11.0 Å². The number of aromatic nitrogens is 2. The number of alkyl halides is 3. The van der Waals surface area contributed by atoms with Gasteiger partial charge in [-0.1, -0.05) is 18.2 Å². The highest BCUT2D eigenvalue weighted by Crippen LogP contribution is 2.31. The predicted molar refractivity (Wildman–Crippen MR) is 106 cm³/mol. The van der Waals surface area contributed by atoms with Gasteiger partial charge in [0.2, 0.25) is 0 Å². The Balaban J connectivity index is 1.68. The molecule has 6 nitrogen and oxygen atoms in total. The monoisotopic (exact) mass is 410 g/mol. The van der Waals surface area contributed by atoms with Gasteiger partial charge < -0.3 is 11.1 Å². The summed E-state index contributed by atoms with van der Waals surface area (Å²) in [6.07, 6.45) is -3.54. The fourth-order valence-electron chi connectivity index (χ4n) is 2.99. The SMILES string of the molecule is N#Cc1cc(C(F)(F)F)ccc1NCCCc1nn(-c2ccccc2)c(N)c1C#N. The van der Waals surface area contributed by atoms with Crippen molar-refractivity contribution in [1.29, 1.82) is 10.5 Å². The van der Waals surface area contributed by atoms with Gasteiger partial charge in [0.25, 0.3) is 0 Å². The number of rotatable bonds is 6. The van der Waals surface area contributed by atoms with Crippen molar-refractivity contribution in [1.82, 2.24) is 9.78 Å². The van der Waals surface area contributed by atoms with E-state index in [1.807, 2.05) is 30.3 Å². The van der Waals surface area contributed by atoms with Gasteiger partial charge in [0.15, 0.2) is 0 Å². The lowest BCUT2D eigenvalue weighted by Crippen LogP contribution is -2.08. The van der Waals surface area contributed by atoms with Crippen LogP contribution in [0.25, 0.3) is 5.69 Å². The number of para-hydroxylation sites is 1. The first-order valence-electron chi connectivity index (χ1n) is 9.03. The van der Waals surface area contributed by atoms with E-state index in [-0.39, 0.29) is 11.4 Å². The molecular formula is C21H17F3N6. The molecule has 0 bridgehead atoms. The van der Waals surface area contributed by atoms with Gasteiger partial charge >= 0.3 is 6.18 Å². The van der Waals surface area contributed by atoms with E-state index in [0.29, 0.717) is 36.3 Å². The van der Waals surface area contributed by atoms with Crippen molar-refractivity contribution < 1.29 is 13.2 Å². The Bertz CT molecular complexity index is 1120. The number of nitriles is 2. The summed E-state index contributed by atoms with van der Waals surface area (Å²) in [5.41, 5.74) is 7.00. The maximum Gasteiger partial charge on any atom is 0.416 e. The molecule has 0 atom stereocenters. The van der Waals surface area contributed by atoms with E-state index in [9.17, 15) is 18.4 Å². The van der Waals surface area contributed by atoms with Gasteiger partial charge in [-0.25, -0.2) is 4.68 Å². The summed E-state index contributed by atoms with van der Waals surface area (Å²) in [4.78, 5) is 0. The average molecular weight is 410 g/mol. The highest BCUT2D eigenvalue weighted by atomic mass is 19.4. The highest BCUT2D eigenvalue weighted by molar-refractivity contribution is 5.59. The van der Waals surface area contributed by atoms with Gasteiger partial charge in [-0.05, 0) is 43.2 Å². The van der Waals surface area contributed by atoms with Crippen LogP contribution in [0, 0.1) is 22.7 Å². The van der Waals surface area contributed by atoms with Gasteiger partial charge in [0.1, 0.15) is 23.5 Å². The molecule has 9 heteroatoms. The Kier molecular flexibility index (Phi) is 5.93. The number of halogens is 3. The fraction of sp³-hybridized carbons (Fsp3) is 0.190. The molecule has 0 aliphatic heterocycles. The standard InChI is InChI=1S/C21H17F3N6/c22-21(23,24)15-8-9-18(14(11-15)12-25)28-10-4-7-19-17(13-26)20(27)30(29-19)16-5-2-1-3-6-16/h1-3,5-6,8-9,11,28H,4,7,10,27H2. The first kappa shape index (κ1) is 20.7.